The number of nitrogens with one attached hydrogen (secondary N) is 1. The van der Waals surface area contributed by atoms with E-state index in [1.165, 1.54) is 17.7 Å². The average molecular weight is 266 g/mol. The van der Waals surface area contributed by atoms with Crippen molar-refractivity contribution < 1.29 is 0 Å². The summed E-state index contributed by atoms with van der Waals surface area (Å²) in [6, 6.07) is 0. The predicted molar refractivity (Wildman–Crippen MR) is 77.0 cm³/mol. The summed E-state index contributed by atoms with van der Waals surface area (Å²) in [5, 5.41) is 3.44. The van der Waals surface area contributed by atoms with Gasteiger partial charge in [-0.05, 0) is 25.7 Å². The molecule has 0 aromatic carbocycles. The van der Waals surface area contributed by atoms with E-state index in [-0.39, 0.29) is 0 Å². The van der Waals surface area contributed by atoms with Gasteiger partial charge >= 0.3 is 0 Å². The zero-order chi connectivity index (χ0) is 13.0. The summed E-state index contributed by atoms with van der Waals surface area (Å²) in [7, 11) is 1.86. The summed E-state index contributed by atoms with van der Waals surface area (Å²) in [5.74, 6) is 1.87. The molecule has 0 amide bonds. The van der Waals surface area contributed by atoms with Gasteiger partial charge < -0.3 is 10.2 Å². The first-order chi connectivity index (χ1) is 8.70. The number of guanidine groups is 1. The van der Waals surface area contributed by atoms with Crippen LogP contribution in [-0.4, -0.2) is 36.0 Å². The van der Waals surface area contributed by atoms with Gasteiger partial charge in [-0.1, -0.05) is 6.92 Å². The molecule has 0 saturated carbocycles. The normalized spacial score (nSPS) is 18.2. The van der Waals surface area contributed by atoms with Crippen molar-refractivity contribution in [2.75, 3.05) is 20.1 Å². The van der Waals surface area contributed by atoms with Gasteiger partial charge in [0, 0.05) is 25.0 Å². The minimum Gasteiger partial charge on any atom is -0.351 e. The van der Waals surface area contributed by atoms with Crippen LogP contribution in [0.1, 0.15) is 30.3 Å². The molecule has 0 bridgehead atoms. The van der Waals surface area contributed by atoms with Crippen LogP contribution >= 0.6 is 11.3 Å². The highest BCUT2D eigenvalue weighted by atomic mass is 32.1. The number of aryl methyl sites for hydroxylation is 1. The molecular weight excluding hydrogens is 244 g/mol. The third-order valence-corrected chi connectivity index (χ3v) is 4.48. The molecule has 4 nitrogen and oxygen atoms in total. The summed E-state index contributed by atoms with van der Waals surface area (Å²) in [6.07, 6.45) is 2.53. The Morgan fingerprint density at radius 2 is 2.28 bits per heavy atom. The molecule has 1 aliphatic rings. The topological polar surface area (TPSA) is 40.5 Å². The lowest BCUT2D eigenvalue weighted by atomic mass is 10.00. The van der Waals surface area contributed by atoms with Gasteiger partial charge in [0.1, 0.15) is 0 Å². The number of rotatable bonds is 2. The van der Waals surface area contributed by atoms with Gasteiger partial charge in [0.2, 0.25) is 0 Å². The summed E-state index contributed by atoms with van der Waals surface area (Å²) in [5.41, 5.74) is 3.02. The van der Waals surface area contributed by atoms with E-state index in [0.29, 0.717) is 0 Å². The molecule has 0 unspecified atom stereocenters. The fourth-order valence-electron chi connectivity index (χ4n) is 2.21. The standard InChI is InChI=1S/C13H22N4S/c1-10-4-6-17(7-5-10)13(14-3)15-8-12-11(2)16-9-18-12/h9-10H,4-8H2,1-3H3,(H,14,15). The predicted octanol–water partition coefficient (Wildman–Crippen LogP) is 2.26. The molecule has 5 heteroatoms. The highest BCUT2D eigenvalue weighted by Crippen LogP contribution is 2.16. The molecule has 0 aliphatic carbocycles. The van der Waals surface area contributed by atoms with Crippen LogP contribution in [0.2, 0.25) is 0 Å². The van der Waals surface area contributed by atoms with Crippen LogP contribution in [0, 0.1) is 12.8 Å². The van der Waals surface area contributed by atoms with E-state index in [1.807, 2.05) is 12.6 Å². The maximum absolute atomic E-state index is 4.38. The number of likely N-dealkylation sites (tertiary alicyclic amines) is 1. The molecule has 0 radical (unpaired) electrons. The molecule has 1 aromatic rings. The van der Waals surface area contributed by atoms with E-state index in [1.54, 1.807) is 11.3 Å². The van der Waals surface area contributed by atoms with Crippen LogP contribution < -0.4 is 5.32 Å². The first-order valence-corrected chi connectivity index (χ1v) is 7.43. The van der Waals surface area contributed by atoms with Crippen molar-refractivity contribution >= 4 is 17.3 Å². The van der Waals surface area contributed by atoms with E-state index in [2.05, 4.69) is 34.0 Å². The van der Waals surface area contributed by atoms with Crippen LogP contribution in [0.25, 0.3) is 0 Å². The SMILES string of the molecule is CN=C(NCc1scnc1C)N1CCC(C)CC1. The quantitative estimate of drug-likeness (QED) is 0.659. The number of nitrogens with zero attached hydrogens (tertiary/aromatic N) is 3. The van der Waals surface area contributed by atoms with Crippen LogP contribution in [-0.2, 0) is 6.54 Å². The number of aliphatic imine (C=N–C) groups is 1. The highest BCUT2D eigenvalue weighted by molar-refractivity contribution is 7.09. The van der Waals surface area contributed by atoms with E-state index in [0.717, 1.165) is 37.2 Å². The van der Waals surface area contributed by atoms with Crippen molar-refractivity contribution in [3.63, 3.8) is 0 Å². The van der Waals surface area contributed by atoms with Crippen molar-refractivity contribution in [2.45, 2.75) is 33.2 Å². The highest BCUT2D eigenvalue weighted by Gasteiger charge is 2.18. The zero-order valence-electron chi connectivity index (χ0n) is 11.4. The summed E-state index contributed by atoms with van der Waals surface area (Å²) < 4.78 is 0. The third kappa shape index (κ3) is 3.22. The van der Waals surface area contributed by atoms with Crippen molar-refractivity contribution in [3.8, 4) is 0 Å². The second-order valence-electron chi connectivity index (χ2n) is 4.93. The van der Waals surface area contributed by atoms with Crippen molar-refractivity contribution in [2.24, 2.45) is 10.9 Å². The van der Waals surface area contributed by atoms with Gasteiger partial charge in [0.05, 0.1) is 17.7 Å². The maximum atomic E-state index is 4.38. The Balaban J connectivity index is 1.88. The minimum atomic E-state index is 0.829. The molecule has 0 spiro atoms. The van der Waals surface area contributed by atoms with Gasteiger partial charge in [-0.3, -0.25) is 4.99 Å². The van der Waals surface area contributed by atoms with Crippen molar-refractivity contribution in [3.05, 3.63) is 16.1 Å². The Bertz CT molecular complexity index is 405. The van der Waals surface area contributed by atoms with Gasteiger partial charge in [0.25, 0.3) is 0 Å². The Kier molecular flexibility index (Phi) is 4.58. The molecule has 1 saturated heterocycles. The van der Waals surface area contributed by atoms with E-state index in [9.17, 15) is 0 Å². The Hall–Kier alpha value is -1.10. The lowest BCUT2D eigenvalue weighted by Gasteiger charge is -2.32. The summed E-state index contributed by atoms with van der Waals surface area (Å²) in [4.78, 5) is 12.3. The average Bonchev–Trinajstić information content (AvgIpc) is 2.78. The number of hydrogen-bond acceptors (Lipinski definition) is 3. The number of aromatic nitrogens is 1. The fourth-order valence-corrected chi connectivity index (χ4v) is 2.92. The second kappa shape index (κ2) is 6.18. The number of hydrogen-bond donors (Lipinski definition) is 1. The molecule has 18 heavy (non-hydrogen) atoms. The van der Waals surface area contributed by atoms with E-state index in [4.69, 9.17) is 0 Å². The van der Waals surface area contributed by atoms with Crippen LogP contribution in [0.3, 0.4) is 0 Å². The summed E-state index contributed by atoms with van der Waals surface area (Å²) in [6.45, 7) is 7.44. The van der Waals surface area contributed by atoms with Gasteiger partial charge in [-0.2, -0.15) is 0 Å². The molecule has 1 aliphatic heterocycles. The first-order valence-electron chi connectivity index (χ1n) is 6.55. The van der Waals surface area contributed by atoms with Gasteiger partial charge in [-0.25, -0.2) is 4.98 Å². The van der Waals surface area contributed by atoms with E-state index < -0.39 is 0 Å². The molecule has 1 fully saturated rings. The largest absolute Gasteiger partial charge is 0.351 e. The maximum Gasteiger partial charge on any atom is 0.193 e. The summed E-state index contributed by atoms with van der Waals surface area (Å²) >= 11 is 1.70. The Morgan fingerprint density at radius 1 is 1.56 bits per heavy atom. The zero-order valence-corrected chi connectivity index (χ0v) is 12.3. The monoisotopic (exact) mass is 266 g/mol. The first kappa shape index (κ1) is 13.3. The fraction of sp³-hybridized carbons (Fsp3) is 0.692. The Labute approximate surface area is 113 Å². The van der Waals surface area contributed by atoms with Crippen LogP contribution in [0.5, 0.6) is 0 Å². The molecule has 2 rings (SSSR count). The van der Waals surface area contributed by atoms with Crippen LogP contribution in [0.4, 0.5) is 0 Å². The minimum absolute atomic E-state index is 0.829. The molecule has 1 aromatic heterocycles. The van der Waals surface area contributed by atoms with Crippen molar-refractivity contribution in [1.29, 1.82) is 0 Å². The molecule has 100 valence electrons. The van der Waals surface area contributed by atoms with Gasteiger partial charge in [-0.15, -0.1) is 11.3 Å². The lowest BCUT2D eigenvalue weighted by molar-refractivity contribution is 0.273. The van der Waals surface area contributed by atoms with Crippen LogP contribution in [0.15, 0.2) is 10.5 Å². The molecule has 2 heterocycles. The molecule has 0 atom stereocenters. The van der Waals surface area contributed by atoms with Gasteiger partial charge in [0.15, 0.2) is 5.96 Å². The smallest absolute Gasteiger partial charge is 0.193 e. The number of thiazole rings is 1. The second-order valence-corrected chi connectivity index (χ2v) is 5.87. The lowest BCUT2D eigenvalue weighted by Crippen LogP contribution is -2.45. The number of piperidine rings is 1. The van der Waals surface area contributed by atoms with Crippen molar-refractivity contribution in [1.82, 2.24) is 15.2 Å². The molecular formula is C13H22N4S. The third-order valence-electron chi connectivity index (χ3n) is 3.55. The van der Waals surface area contributed by atoms with E-state index >= 15 is 0 Å². The Morgan fingerprint density at radius 3 is 2.83 bits per heavy atom. The molecule has 1 N–H and O–H groups in total.